The third-order valence-electron chi connectivity index (χ3n) is 6.19. The van der Waals surface area contributed by atoms with Gasteiger partial charge in [-0.1, -0.05) is 60.7 Å². The van der Waals surface area contributed by atoms with E-state index in [4.69, 9.17) is 4.98 Å². The van der Waals surface area contributed by atoms with E-state index in [1.54, 1.807) is 0 Å². The number of anilines is 1. The molecule has 2 heterocycles. The van der Waals surface area contributed by atoms with Crippen LogP contribution in [0.4, 0.5) is 5.69 Å². The SMILES string of the molecule is Cc1ccccc1N1C[C@H](c2nc3ccccc3n2[C@@H](C)c2ccccc2)CC1=O. The van der Waals surface area contributed by atoms with Crippen LogP contribution in [0.1, 0.15) is 42.3 Å². The van der Waals surface area contributed by atoms with E-state index < -0.39 is 0 Å². The molecule has 0 saturated carbocycles. The number of nitrogens with zero attached hydrogens (tertiary/aromatic N) is 3. The van der Waals surface area contributed by atoms with Gasteiger partial charge < -0.3 is 9.47 Å². The maximum Gasteiger partial charge on any atom is 0.227 e. The van der Waals surface area contributed by atoms with Crippen LogP contribution in [0.2, 0.25) is 0 Å². The van der Waals surface area contributed by atoms with Gasteiger partial charge in [0.15, 0.2) is 0 Å². The van der Waals surface area contributed by atoms with Gasteiger partial charge in [0, 0.05) is 24.6 Å². The number of carbonyl (C=O) groups excluding carboxylic acids is 1. The summed E-state index contributed by atoms with van der Waals surface area (Å²) in [6.07, 6.45) is 0.485. The zero-order chi connectivity index (χ0) is 20.7. The molecule has 1 fully saturated rings. The largest absolute Gasteiger partial charge is 0.320 e. The minimum atomic E-state index is 0.0654. The highest BCUT2D eigenvalue weighted by atomic mass is 16.2. The van der Waals surface area contributed by atoms with Crippen molar-refractivity contribution in [2.45, 2.75) is 32.2 Å². The molecule has 3 aromatic carbocycles. The molecule has 0 spiro atoms. The highest BCUT2D eigenvalue weighted by molar-refractivity contribution is 5.97. The number of aryl methyl sites for hydroxylation is 1. The molecule has 2 atom stereocenters. The lowest BCUT2D eigenvalue weighted by Crippen LogP contribution is -2.25. The molecule has 4 heteroatoms. The number of carbonyl (C=O) groups is 1. The number of hydrogen-bond acceptors (Lipinski definition) is 2. The second-order valence-electron chi connectivity index (χ2n) is 8.11. The summed E-state index contributed by atoms with van der Waals surface area (Å²) in [7, 11) is 0. The fourth-order valence-electron chi connectivity index (χ4n) is 4.62. The fourth-order valence-corrected chi connectivity index (χ4v) is 4.62. The number of hydrogen-bond donors (Lipinski definition) is 0. The molecule has 1 aromatic heterocycles. The van der Waals surface area contributed by atoms with Crippen LogP contribution in [0.3, 0.4) is 0 Å². The Hall–Kier alpha value is -3.40. The highest BCUT2D eigenvalue weighted by Gasteiger charge is 2.36. The van der Waals surface area contributed by atoms with Crippen molar-refractivity contribution < 1.29 is 4.79 Å². The summed E-state index contributed by atoms with van der Waals surface area (Å²) in [5.41, 5.74) is 5.46. The number of fused-ring (bicyclic) bond motifs is 1. The third kappa shape index (κ3) is 3.09. The molecule has 4 nitrogen and oxygen atoms in total. The van der Waals surface area contributed by atoms with Gasteiger partial charge in [-0.3, -0.25) is 4.79 Å². The topological polar surface area (TPSA) is 38.1 Å². The van der Waals surface area contributed by atoms with Crippen molar-refractivity contribution >= 4 is 22.6 Å². The minimum absolute atomic E-state index is 0.0654. The summed E-state index contributed by atoms with van der Waals surface area (Å²) >= 11 is 0. The lowest BCUT2D eigenvalue weighted by molar-refractivity contribution is -0.117. The standard InChI is InChI=1S/C26H25N3O/c1-18-10-6-8-14-23(18)28-17-21(16-25(28)30)26-27-22-13-7-9-15-24(22)29(26)19(2)20-11-4-3-5-12-20/h3-15,19,21H,16-17H2,1-2H3/t19-,21+/m0/s1. The van der Waals surface area contributed by atoms with Gasteiger partial charge in [0.2, 0.25) is 5.91 Å². The molecule has 0 bridgehead atoms. The van der Waals surface area contributed by atoms with Gasteiger partial charge in [-0.2, -0.15) is 0 Å². The Bertz CT molecular complexity index is 1210. The Balaban J connectivity index is 1.58. The first-order valence-corrected chi connectivity index (χ1v) is 10.5. The smallest absolute Gasteiger partial charge is 0.227 e. The Morgan fingerprint density at radius 2 is 1.63 bits per heavy atom. The number of imidazole rings is 1. The van der Waals surface area contributed by atoms with Crippen LogP contribution >= 0.6 is 0 Å². The van der Waals surface area contributed by atoms with Crippen LogP contribution < -0.4 is 4.90 Å². The van der Waals surface area contributed by atoms with Crippen molar-refractivity contribution in [2.24, 2.45) is 0 Å². The molecule has 1 amide bonds. The first kappa shape index (κ1) is 18.6. The van der Waals surface area contributed by atoms with Gasteiger partial charge in [0.1, 0.15) is 5.82 Å². The Morgan fingerprint density at radius 3 is 2.43 bits per heavy atom. The molecule has 4 aromatic rings. The number of benzene rings is 3. The second kappa shape index (κ2) is 7.45. The fraction of sp³-hybridized carbons (Fsp3) is 0.231. The van der Waals surface area contributed by atoms with Gasteiger partial charge in [0.05, 0.1) is 17.1 Å². The molecule has 150 valence electrons. The molecule has 0 aliphatic carbocycles. The molecular formula is C26H25N3O. The average Bonchev–Trinajstić information content (AvgIpc) is 3.35. The third-order valence-corrected chi connectivity index (χ3v) is 6.19. The molecule has 5 rings (SSSR count). The lowest BCUT2D eigenvalue weighted by Gasteiger charge is -2.22. The summed E-state index contributed by atoms with van der Waals surface area (Å²) in [5, 5.41) is 0. The average molecular weight is 396 g/mol. The summed E-state index contributed by atoms with van der Waals surface area (Å²) in [6, 6.07) is 27.0. The number of rotatable bonds is 4. The minimum Gasteiger partial charge on any atom is -0.320 e. The Kier molecular flexibility index (Phi) is 4.62. The second-order valence-corrected chi connectivity index (χ2v) is 8.11. The van der Waals surface area contributed by atoms with Crippen molar-refractivity contribution in [3.63, 3.8) is 0 Å². The van der Waals surface area contributed by atoms with Gasteiger partial charge in [-0.05, 0) is 43.2 Å². The molecular weight excluding hydrogens is 370 g/mol. The number of para-hydroxylation sites is 3. The van der Waals surface area contributed by atoms with E-state index >= 15 is 0 Å². The highest BCUT2D eigenvalue weighted by Crippen LogP contribution is 2.36. The Labute approximate surface area is 176 Å². The lowest BCUT2D eigenvalue weighted by atomic mass is 10.0. The number of aromatic nitrogens is 2. The van der Waals surface area contributed by atoms with E-state index in [1.165, 1.54) is 5.56 Å². The summed E-state index contributed by atoms with van der Waals surface area (Å²) < 4.78 is 2.32. The first-order chi connectivity index (χ1) is 14.6. The first-order valence-electron chi connectivity index (χ1n) is 10.5. The van der Waals surface area contributed by atoms with Crippen LogP contribution in [-0.4, -0.2) is 22.0 Å². The zero-order valence-electron chi connectivity index (χ0n) is 17.3. The van der Waals surface area contributed by atoms with Crippen molar-refractivity contribution in [1.82, 2.24) is 9.55 Å². The normalized spacial score (nSPS) is 17.6. The van der Waals surface area contributed by atoms with Gasteiger partial charge in [0.25, 0.3) is 0 Å². The molecule has 1 aliphatic rings. The van der Waals surface area contributed by atoms with Crippen LogP contribution in [-0.2, 0) is 4.79 Å². The quantitative estimate of drug-likeness (QED) is 0.459. The molecule has 0 unspecified atom stereocenters. The number of amides is 1. The van der Waals surface area contributed by atoms with Crippen LogP contribution in [0, 0.1) is 6.92 Å². The molecule has 1 saturated heterocycles. The van der Waals surface area contributed by atoms with Crippen molar-refractivity contribution in [3.8, 4) is 0 Å². The monoisotopic (exact) mass is 395 g/mol. The van der Waals surface area contributed by atoms with E-state index in [1.807, 2.05) is 35.2 Å². The van der Waals surface area contributed by atoms with Gasteiger partial charge in [-0.25, -0.2) is 4.98 Å². The van der Waals surface area contributed by atoms with Gasteiger partial charge in [-0.15, -0.1) is 0 Å². The molecule has 30 heavy (non-hydrogen) atoms. The molecule has 0 radical (unpaired) electrons. The van der Waals surface area contributed by atoms with E-state index in [0.29, 0.717) is 13.0 Å². The zero-order valence-corrected chi connectivity index (χ0v) is 17.3. The summed E-state index contributed by atoms with van der Waals surface area (Å²) in [4.78, 5) is 19.9. The summed E-state index contributed by atoms with van der Waals surface area (Å²) in [6.45, 7) is 4.93. The predicted molar refractivity (Wildman–Crippen MR) is 121 cm³/mol. The van der Waals surface area contributed by atoms with Gasteiger partial charge >= 0.3 is 0 Å². The maximum atomic E-state index is 13.0. The predicted octanol–water partition coefficient (Wildman–Crippen LogP) is 5.47. The maximum absolute atomic E-state index is 13.0. The van der Waals surface area contributed by atoms with Crippen LogP contribution in [0.5, 0.6) is 0 Å². The van der Waals surface area contributed by atoms with E-state index in [9.17, 15) is 4.79 Å². The van der Waals surface area contributed by atoms with Crippen molar-refractivity contribution in [2.75, 3.05) is 11.4 Å². The van der Waals surface area contributed by atoms with Crippen LogP contribution in [0.15, 0.2) is 78.9 Å². The van der Waals surface area contributed by atoms with Crippen molar-refractivity contribution in [3.05, 3.63) is 95.8 Å². The van der Waals surface area contributed by atoms with Crippen LogP contribution in [0.25, 0.3) is 11.0 Å². The molecule has 0 N–H and O–H groups in total. The summed E-state index contributed by atoms with van der Waals surface area (Å²) in [5.74, 6) is 1.23. The van der Waals surface area contributed by atoms with E-state index in [0.717, 1.165) is 28.1 Å². The van der Waals surface area contributed by atoms with E-state index in [2.05, 4.69) is 66.9 Å². The Morgan fingerprint density at radius 1 is 0.933 bits per heavy atom. The molecule has 1 aliphatic heterocycles. The van der Waals surface area contributed by atoms with Crippen molar-refractivity contribution in [1.29, 1.82) is 0 Å². The van der Waals surface area contributed by atoms with E-state index in [-0.39, 0.29) is 17.9 Å².